The third-order valence-corrected chi connectivity index (χ3v) is 4.93. The van der Waals surface area contributed by atoms with E-state index in [-0.39, 0.29) is 30.1 Å². The Hall–Kier alpha value is -1.37. The smallest absolute Gasteiger partial charge is 0.172 e. The summed E-state index contributed by atoms with van der Waals surface area (Å²) in [5.74, 6) is 0. The fourth-order valence-corrected chi connectivity index (χ4v) is 3.85. The first kappa shape index (κ1) is 17.0. The summed E-state index contributed by atoms with van der Waals surface area (Å²) in [6, 6.07) is 5.15. The number of hydrogen-bond acceptors (Lipinski definition) is 5. The summed E-state index contributed by atoms with van der Waals surface area (Å²) in [5.41, 5.74) is 2.36. The topological polar surface area (TPSA) is 110 Å². The van der Waals surface area contributed by atoms with Crippen LogP contribution in [0.1, 0.15) is 22.4 Å². The predicted molar refractivity (Wildman–Crippen MR) is 84.9 cm³/mol. The van der Waals surface area contributed by atoms with Gasteiger partial charge in [0.15, 0.2) is 5.69 Å². The maximum atomic E-state index is 9.92. The fourth-order valence-electron chi connectivity index (χ4n) is 2.33. The molecule has 4 N–H and O–H groups in total. The fraction of sp³-hybridized carbons (Fsp3) is 0.214. The van der Waals surface area contributed by atoms with Crippen LogP contribution in [0.5, 0.6) is 0 Å². The van der Waals surface area contributed by atoms with Crippen molar-refractivity contribution in [3.8, 4) is 17.2 Å². The van der Waals surface area contributed by atoms with Crippen LogP contribution in [0.25, 0.3) is 11.1 Å². The first-order valence-electron chi connectivity index (χ1n) is 6.17. The van der Waals surface area contributed by atoms with E-state index in [2.05, 4.69) is 31.9 Å². The molecule has 0 saturated carbocycles. The summed E-state index contributed by atoms with van der Waals surface area (Å²) in [4.78, 5) is 0. The molecule has 0 saturated heterocycles. The lowest BCUT2D eigenvalue weighted by Gasteiger charge is -2.15. The van der Waals surface area contributed by atoms with Gasteiger partial charge in [0.05, 0.1) is 24.3 Å². The van der Waals surface area contributed by atoms with E-state index in [0.29, 0.717) is 37.0 Å². The van der Waals surface area contributed by atoms with E-state index in [9.17, 15) is 20.5 Å². The Labute approximate surface area is 143 Å². The second kappa shape index (κ2) is 6.81. The van der Waals surface area contributed by atoms with Gasteiger partial charge in [0.2, 0.25) is 0 Å². The maximum Gasteiger partial charge on any atom is 0.172 e. The van der Waals surface area contributed by atoms with Crippen molar-refractivity contribution in [2.45, 2.75) is 19.8 Å². The van der Waals surface area contributed by atoms with Crippen LogP contribution in [0.3, 0.4) is 0 Å². The van der Waals surface area contributed by atoms with Crippen LogP contribution in [0.15, 0.2) is 21.2 Å². The zero-order chi connectivity index (χ0) is 16.4. The number of aromatic nitrogens is 1. The molecule has 2 aromatic rings. The molecule has 6 nitrogen and oxygen atoms in total. The number of rotatable bonds is 4. The molecule has 1 heterocycles. The zero-order valence-corrected chi connectivity index (χ0v) is 14.4. The summed E-state index contributed by atoms with van der Waals surface area (Å²) in [6.45, 7) is -0.980. The molecule has 8 heteroatoms. The summed E-state index contributed by atoms with van der Waals surface area (Å²) in [6.07, 6.45) is 0. The van der Waals surface area contributed by atoms with Gasteiger partial charge in [0.1, 0.15) is 10.7 Å². The van der Waals surface area contributed by atoms with Gasteiger partial charge in [-0.05, 0) is 54.1 Å². The average Bonchev–Trinajstić information content (AvgIpc) is 2.75. The molecular formula is C14H12Br2N2O4. The summed E-state index contributed by atoms with van der Waals surface area (Å²) in [5, 5.41) is 47.5. The van der Waals surface area contributed by atoms with Crippen molar-refractivity contribution in [3.05, 3.63) is 43.6 Å². The van der Waals surface area contributed by atoms with Gasteiger partial charge < -0.3 is 20.5 Å². The second-order valence-electron chi connectivity index (χ2n) is 4.46. The van der Waals surface area contributed by atoms with Gasteiger partial charge in [0.25, 0.3) is 0 Å². The molecule has 116 valence electrons. The molecule has 0 aliphatic carbocycles. The lowest BCUT2D eigenvalue weighted by atomic mass is 9.93. The summed E-state index contributed by atoms with van der Waals surface area (Å²) < 4.78 is 1.30. The van der Waals surface area contributed by atoms with E-state index in [1.54, 1.807) is 12.1 Å². The minimum absolute atomic E-state index is 0.00236. The lowest BCUT2D eigenvalue weighted by molar-refractivity contribution is 0.178. The maximum absolute atomic E-state index is 9.92. The molecule has 0 bridgehead atoms. The van der Waals surface area contributed by atoms with Crippen molar-refractivity contribution in [3.63, 3.8) is 0 Å². The highest BCUT2D eigenvalue weighted by Gasteiger charge is 2.24. The molecule has 22 heavy (non-hydrogen) atoms. The highest BCUT2D eigenvalue weighted by Crippen LogP contribution is 2.41. The SMILES string of the molecule is N#Cc1c(Br)c(-c2ccc(CO)c(CO)c2CO)c(Br)n1O. The standard InChI is InChI=1S/C14H12Br2N2O4/c15-13-11(3-17)18(22)14(16)12(13)8-2-1-7(4-19)9(5-20)10(8)6-21/h1-2,19-22H,4-6H2. The van der Waals surface area contributed by atoms with Crippen molar-refractivity contribution in [1.82, 2.24) is 4.73 Å². The first-order chi connectivity index (χ1) is 10.5. The third-order valence-electron chi connectivity index (χ3n) is 3.42. The molecule has 1 aromatic heterocycles. The van der Waals surface area contributed by atoms with Crippen LogP contribution in [-0.4, -0.2) is 25.3 Å². The Morgan fingerprint density at radius 1 is 1.05 bits per heavy atom. The molecule has 0 spiro atoms. The van der Waals surface area contributed by atoms with Crippen LogP contribution < -0.4 is 0 Å². The number of aliphatic hydroxyl groups excluding tert-OH is 3. The predicted octanol–water partition coefficient (Wildman–Crippen LogP) is 2.27. The number of benzene rings is 1. The Bertz CT molecular complexity index is 765. The number of nitriles is 1. The average molecular weight is 432 g/mol. The molecule has 0 fully saturated rings. The van der Waals surface area contributed by atoms with E-state index in [1.807, 2.05) is 6.07 Å². The van der Waals surface area contributed by atoms with Crippen molar-refractivity contribution >= 4 is 31.9 Å². The van der Waals surface area contributed by atoms with Gasteiger partial charge >= 0.3 is 0 Å². The molecule has 0 unspecified atom stereocenters. The van der Waals surface area contributed by atoms with Crippen LogP contribution in [0.2, 0.25) is 0 Å². The monoisotopic (exact) mass is 430 g/mol. The molecule has 0 amide bonds. The van der Waals surface area contributed by atoms with Gasteiger partial charge in [-0.25, -0.2) is 0 Å². The van der Waals surface area contributed by atoms with Crippen LogP contribution in [0, 0.1) is 11.3 Å². The van der Waals surface area contributed by atoms with Gasteiger partial charge in [0, 0.05) is 5.56 Å². The minimum atomic E-state index is -0.365. The second-order valence-corrected chi connectivity index (χ2v) is 6.00. The van der Waals surface area contributed by atoms with E-state index >= 15 is 0 Å². The van der Waals surface area contributed by atoms with E-state index in [4.69, 9.17) is 5.26 Å². The van der Waals surface area contributed by atoms with Gasteiger partial charge in [-0.15, -0.1) is 0 Å². The Morgan fingerprint density at radius 3 is 2.14 bits per heavy atom. The first-order valence-corrected chi connectivity index (χ1v) is 7.75. The number of halogens is 2. The quantitative estimate of drug-likeness (QED) is 0.555. The van der Waals surface area contributed by atoms with Crippen molar-refractivity contribution in [2.24, 2.45) is 0 Å². The van der Waals surface area contributed by atoms with Crippen LogP contribution in [-0.2, 0) is 19.8 Å². The highest BCUT2D eigenvalue weighted by molar-refractivity contribution is 9.11. The molecule has 2 rings (SSSR count). The van der Waals surface area contributed by atoms with Crippen molar-refractivity contribution < 1.29 is 20.5 Å². The lowest BCUT2D eigenvalue weighted by Crippen LogP contribution is -2.03. The van der Waals surface area contributed by atoms with E-state index < -0.39 is 0 Å². The Kier molecular flexibility index (Phi) is 5.26. The normalized spacial score (nSPS) is 10.7. The summed E-state index contributed by atoms with van der Waals surface area (Å²) >= 11 is 6.48. The molecule has 0 aliphatic rings. The summed E-state index contributed by atoms with van der Waals surface area (Å²) in [7, 11) is 0. The Balaban J connectivity index is 2.83. The van der Waals surface area contributed by atoms with Crippen LogP contribution >= 0.6 is 31.9 Å². The number of nitrogens with zero attached hydrogens (tertiary/aromatic N) is 2. The van der Waals surface area contributed by atoms with Crippen LogP contribution in [0.4, 0.5) is 0 Å². The van der Waals surface area contributed by atoms with Gasteiger partial charge in [-0.3, -0.25) is 0 Å². The van der Waals surface area contributed by atoms with Gasteiger partial charge in [-0.2, -0.15) is 9.99 Å². The largest absolute Gasteiger partial charge is 0.427 e. The van der Waals surface area contributed by atoms with E-state index in [0.717, 1.165) is 0 Å². The molecule has 0 radical (unpaired) electrons. The third kappa shape index (κ3) is 2.55. The van der Waals surface area contributed by atoms with Gasteiger partial charge in [-0.1, -0.05) is 12.1 Å². The Morgan fingerprint density at radius 2 is 1.68 bits per heavy atom. The zero-order valence-electron chi connectivity index (χ0n) is 11.2. The molecule has 0 aliphatic heterocycles. The highest BCUT2D eigenvalue weighted by atomic mass is 79.9. The van der Waals surface area contributed by atoms with Crippen molar-refractivity contribution in [2.75, 3.05) is 0 Å². The molecular weight excluding hydrogens is 420 g/mol. The molecule has 1 aromatic carbocycles. The number of aliphatic hydroxyl groups is 3. The van der Waals surface area contributed by atoms with E-state index in [1.165, 1.54) is 0 Å². The molecule has 0 atom stereocenters. The van der Waals surface area contributed by atoms with Crippen molar-refractivity contribution in [1.29, 1.82) is 5.26 Å². The minimum Gasteiger partial charge on any atom is -0.427 e. The number of hydrogen-bond donors (Lipinski definition) is 4.